The molecule has 0 atom stereocenters. The maximum absolute atomic E-state index is 11.9. The number of methoxy groups -OCH3 is 1. The van der Waals surface area contributed by atoms with E-state index in [0.717, 1.165) is 5.75 Å². The van der Waals surface area contributed by atoms with E-state index >= 15 is 0 Å². The van der Waals surface area contributed by atoms with Gasteiger partial charge >= 0.3 is 6.03 Å². The number of hydrogen-bond donors (Lipinski definition) is 2. The fraction of sp³-hybridized carbons (Fsp3) is 0.400. The normalized spacial score (nSPS) is 10.4. The first-order valence-electron chi connectivity index (χ1n) is 6.30. The van der Waals surface area contributed by atoms with Gasteiger partial charge in [-0.2, -0.15) is 0 Å². The molecule has 0 saturated carbocycles. The van der Waals surface area contributed by atoms with Gasteiger partial charge in [-0.25, -0.2) is 4.79 Å². The fourth-order valence-electron chi connectivity index (χ4n) is 1.72. The number of nitrogens with one attached hydrogen (secondary N) is 2. The molecule has 0 spiro atoms. The quantitative estimate of drug-likeness (QED) is 0.800. The summed E-state index contributed by atoms with van der Waals surface area (Å²) in [7, 11) is 1.60. The number of benzene rings is 1. The Morgan fingerprint density at radius 2 is 1.89 bits per heavy atom. The van der Waals surface area contributed by atoms with Gasteiger partial charge in [-0.3, -0.25) is 0 Å². The first-order valence-corrected chi connectivity index (χ1v) is 6.30. The Balaban J connectivity index is 2.66. The zero-order valence-corrected chi connectivity index (χ0v) is 11.6. The van der Waals surface area contributed by atoms with Gasteiger partial charge in [-0.1, -0.05) is 19.8 Å². The van der Waals surface area contributed by atoms with E-state index in [1.54, 1.807) is 31.4 Å². The number of amides is 2. The third-order valence-electron chi connectivity index (χ3n) is 3.18. The lowest BCUT2D eigenvalue weighted by molar-refractivity contribution is 0.242. The highest BCUT2D eigenvalue weighted by Gasteiger charge is 2.25. The van der Waals surface area contributed by atoms with Crippen LogP contribution in [-0.2, 0) is 0 Å². The van der Waals surface area contributed by atoms with Gasteiger partial charge in [0.05, 0.1) is 7.11 Å². The zero-order chi connectivity index (χ0) is 14.3. The van der Waals surface area contributed by atoms with Gasteiger partial charge in [0, 0.05) is 5.69 Å². The van der Waals surface area contributed by atoms with Crippen molar-refractivity contribution in [3.63, 3.8) is 0 Å². The Kier molecular flexibility index (Phi) is 5.25. The molecule has 0 aliphatic heterocycles. The minimum Gasteiger partial charge on any atom is -0.497 e. The van der Waals surface area contributed by atoms with Gasteiger partial charge < -0.3 is 15.4 Å². The van der Waals surface area contributed by atoms with Crippen molar-refractivity contribution >= 4 is 11.7 Å². The molecule has 0 saturated heterocycles. The van der Waals surface area contributed by atoms with Crippen LogP contribution in [0.5, 0.6) is 5.75 Å². The Morgan fingerprint density at radius 1 is 1.32 bits per heavy atom. The van der Waals surface area contributed by atoms with Crippen LogP contribution < -0.4 is 15.4 Å². The lowest BCUT2D eigenvalue weighted by Gasteiger charge is -2.27. The van der Waals surface area contributed by atoms with E-state index in [9.17, 15) is 4.79 Å². The average molecular weight is 260 g/mol. The Labute approximate surface area is 114 Å². The lowest BCUT2D eigenvalue weighted by Crippen LogP contribution is -2.48. The molecular weight excluding hydrogens is 240 g/mol. The van der Waals surface area contributed by atoms with Gasteiger partial charge in [0.25, 0.3) is 0 Å². The second-order valence-electron chi connectivity index (χ2n) is 4.24. The smallest absolute Gasteiger partial charge is 0.320 e. The SMILES string of the molecule is C#CC(CC)(CC)NC(=O)Nc1ccc(OC)cc1. The minimum absolute atomic E-state index is 0.299. The van der Waals surface area contributed by atoms with Crippen LogP contribution in [0.1, 0.15) is 26.7 Å². The second-order valence-corrected chi connectivity index (χ2v) is 4.24. The van der Waals surface area contributed by atoms with Gasteiger partial charge in [0.1, 0.15) is 11.3 Å². The maximum Gasteiger partial charge on any atom is 0.320 e. The number of rotatable bonds is 5. The van der Waals surface area contributed by atoms with Crippen molar-refractivity contribution in [2.75, 3.05) is 12.4 Å². The van der Waals surface area contributed by atoms with Crippen molar-refractivity contribution in [3.05, 3.63) is 24.3 Å². The number of anilines is 1. The Bertz CT molecular complexity index is 456. The molecule has 1 rings (SSSR count). The minimum atomic E-state index is -0.587. The number of terminal acetylenes is 1. The van der Waals surface area contributed by atoms with Crippen molar-refractivity contribution in [2.24, 2.45) is 0 Å². The van der Waals surface area contributed by atoms with Crippen LogP contribution in [-0.4, -0.2) is 18.7 Å². The summed E-state index contributed by atoms with van der Waals surface area (Å²) in [6, 6.07) is 6.81. The standard InChI is InChI=1S/C15H20N2O2/c1-5-15(6-2,7-3)17-14(18)16-12-8-10-13(19-4)11-9-12/h1,8-11H,6-7H2,2-4H3,(H2,16,17,18). The fourth-order valence-corrected chi connectivity index (χ4v) is 1.72. The van der Waals surface area contributed by atoms with Gasteiger partial charge in [-0.15, -0.1) is 6.42 Å². The van der Waals surface area contributed by atoms with Crippen LogP contribution >= 0.6 is 0 Å². The van der Waals surface area contributed by atoms with Crippen molar-refractivity contribution in [2.45, 2.75) is 32.2 Å². The summed E-state index contributed by atoms with van der Waals surface area (Å²) in [6.45, 7) is 3.91. The number of carbonyl (C=O) groups is 1. The molecule has 4 nitrogen and oxygen atoms in total. The van der Waals surface area contributed by atoms with Gasteiger partial charge in [0.15, 0.2) is 0 Å². The number of urea groups is 1. The molecule has 0 heterocycles. The van der Waals surface area contributed by atoms with Gasteiger partial charge in [0.2, 0.25) is 0 Å². The highest BCUT2D eigenvalue weighted by atomic mass is 16.5. The average Bonchev–Trinajstić information content (AvgIpc) is 2.46. The first-order chi connectivity index (χ1) is 9.09. The molecule has 0 fully saturated rings. The molecule has 2 amide bonds. The molecule has 0 radical (unpaired) electrons. The molecule has 19 heavy (non-hydrogen) atoms. The summed E-state index contributed by atoms with van der Waals surface area (Å²) in [5, 5.41) is 5.59. The Hall–Kier alpha value is -2.15. The van der Waals surface area contributed by atoms with Crippen molar-refractivity contribution in [1.29, 1.82) is 0 Å². The van der Waals surface area contributed by atoms with Crippen molar-refractivity contribution in [3.8, 4) is 18.1 Å². The topological polar surface area (TPSA) is 50.4 Å². The molecule has 102 valence electrons. The van der Waals surface area contributed by atoms with Crippen LogP contribution in [0, 0.1) is 12.3 Å². The predicted octanol–water partition coefficient (Wildman–Crippen LogP) is 3.01. The molecule has 0 aliphatic carbocycles. The number of ether oxygens (including phenoxy) is 1. The van der Waals surface area contributed by atoms with Crippen LogP contribution in [0.25, 0.3) is 0 Å². The van der Waals surface area contributed by atoms with E-state index in [-0.39, 0.29) is 6.03 Å². The summed E-state index contributed by atoms with van der Waals surface area (Å²) >= 11 is 0. The van der Waals surface area contributed by atoms with Crippen molar-refractivity contribution in [1.82, 2.24) is 5.32 Å². The van der Waals surface area contributed by atoms with Crippen LogP contribution in [0.15, 0.2) is 24.3 Å². The van der Waals surface area contributed by atoms with E-state index in [4.69, 9.17) is 11.2 Å². The van der Waals surface area contributed by atoms with Crippen LogP contribution in [0.3, 0.4) is 0 Å². The Morgan fingerprint density at radius 3 is 2.32 bits per heavy atom. The zero-order valence-electron chi connectivity index (χ0n) is 11.6. The molecule has 0 bridgehead atoms. The second kappa shape index (κ2) is 6.69. The third kappa shape index (κ3) is 3.92. The highest BCUT2D eigenvalue weighted by Crippen LogP contribution is 2.16. The van der Waals surface area contributed by atoms with Crippen LogP contribution in [0.4, 0.5) is 10.5 Å². The highest BCUT2D eigenvalue weighted by molar-refractivity contribution is 5.90. The molecule has 0 aliphatic rings. The number of hydrogen-bond acceptors (Lipinski definition) is 2. The van der Waals surface area contributed by atoms with E-state index in [1.165, 1.54) is 0 Å². The summed E-state index contributed by atoms with van der Waals surface area (Å²) in [4.78, 5) is 11.9. The molecular formula is C15H20N2O2. The molecule has 1 aromatic carbocycles. The summed E-state index contributed by atoms with van der Waals surface area (Å²) in [5.41, 5.74) is 0.104. The molecule has 0 aromatic heterocycles. The predicted molar refractivity (Wildman–Crippen MR) is 77.3 cm³/mol. The summed E-state index contributed by atoms with van der Waals surface area (Å²) in [6.07, 6.45) is 6.88. The van der Waals surface area contributed by atoms with Crippen LogP contribution in [0.2, 0.25) is 0 Å². The molecule has 2 N–H and O–H groups in total. The lowest BCUT2D eigenvalue weighted by atomic mass is 9.94. The largest absolute Gasteiger partial charge is 0.497 e. The molecule has 4 heteroatoms. The van der Waals surface area contributed by atoms with Crippen molar-refractivity contribution < 1.29 is 9.53 Å². The molecule has 1 aromatic rings. The number of carbonyl (C=O) groups excluding carboxylic acids is 1. The van der Waals surface area contributed by atoms with E-state index < -0.39 is 5.54 Å². The summed E-state index contributed by atoms with van der Waals surface area (Å²) < 4.78 is 5.05. The maximum atomic E-state index is 11.9. The van der Waals surface area contributed by atoms with E-state index in [1.807, 2.05) is 13.8 Å². The van der Waals surface area contributed by atoms with E-state index in [0.29, 0.717) is 18.5 Å². The third-order valence-corrected chi connectivity index (χ3v) is 3.18. The monoisotopic (exact) mass is 260 g/mol. The van der Waals surface area contributed by atoms with E-state index in [2.05, 4.69) is 16.6 Å². The van der Waals surface area contributed by atoms with Gasteiger partial charge in [-0.05, 0) is 37.1 Å². The first kappa shape index (κ1) is 14.9. The molecule has 0 unspecified atom stereocenters. The summed E-state index contributed by atoms with van der Waals surface area (Å²) in [5.74, 6) is 3.40.